The van der Waals surface area contributed by atoms with Gasteiger partial charge in [0.1, 0.15) is 0 Å². The standard InChI is InChI=1S/C17H31N3O3/c1-13-16(23)20(10-7-18-13)14(12-21)3-2-8-19-9-6-17(4-5-17)15(22)11-19/h13-15,18,21-22H,2-12H2,1H3/t13?,14-,15?/m0/s1. The molecule has 2 aliphatic heterocycles. The highest BCUT2D eigenvalue weighted by molar-refractivity contribution is 5.82. The number of hydrogen-bond acceptors (Lipinski definition) is 5. The van der Waals surface area contributed by atoms with Crippen LogP contribution in [-0.4, -0.2) is 83.4 Å². The number of likely N-dealkylation sites (tertiary alicyclic amines) is 1. The molecule has 2 saturated heterocycles. The third-order valence-electron chi connectivity index (χ3n) is 6.08. The average molecular weight is 325 g/mol. The molecule has 0 radical (unpaired) electrons. The molecule has 1 spiro atoms. The molecule has 6 nitrogen and oxygen atoms in total. The first-order valence-corrected chi connectivity index (χ1v) is 9.11. The van der Waals surface area contributed by atoms with Crippen LogP contribution in [0.5, 0.6) is 0 Å². The Morgan fingerprint density at radius 2 is 2.13 bits per heavy atom. The molecule has 0 aromatic heterocycles. The van der Waals surface area contributed by atoms with E-state index in [0.29, 0.717) is 6.54 Å². The number of β-amino-alcohol motifs (C(OH)–C–C–N with tert-alkyl or cyclic N) is 1. The van der Waals surface area contributed by atoms with E-state index in [-0.39, 0.29) is 36.1 Å². The van der Waals surface area contributed by atoms with Crippen LogP contribution >= 0.6 is 0 Å². The summed E-state index contributed by atoms with van der Waals surface area (Å²) < 4.78 is 0. The highest BCUT2D eigenvalue weighted by atomic mass is 16.3. The van der Waals surface area contributed by atoms with Gasteiger partial charge in [0.05, 0.1) is 24.8 Å². The number of piperidine rings is 1. The molecule has 0 aromatic rings. The van der Waals surface area contributed by atoms with Crippen LogP contribution in [0.1, 0.15) is 39.0 Å². The fourth-order valence-corrected chi connectivity index (χ4v) is 4.13. The van der Waals surface area contributed by atoms with E-state index >= 15 is 0 Å². The second-order valence-electron chi connectivity index (χ2n) is 7.61. The molecule has 1 aliphatic carbocycles. The SMILES string of the molecule is CC1NCCN([C@H](CO)CCCN2CCC3(CC3)C(O)C2)C1=O. The summed E-state index contributed by atoms with van der Waals surface area (Å²) in [7, 11) is 0. The van der Waals surface area contributed by atoms with Crippen molar-refractivity contribution >= 4 is 5.91 Å². The molecule has 0 aromatic carbocycles. The number of aliphatic hydroxyl groups is 2. The van der Waals surface area contributed by atoms with Crippen LogP contribution in [0.25, 0.3) is 0 Å². The lowest BCUT2D eigenvalue weighted by Gasteiger charge is -2.38. The third-order valence-corrected chi connectivity index (χ3v) is 6.08. The zero-order chi connectivity index (χ0) is 16.4. The molecule has 3 aliphatic rings. The largest absolute Gasteiger partial charge is 0.394 e. The quantitative estimate of drug-likeness (QED) is 0.630. The predicted molar refractivity (Wildman–Crippen MR) is 88.0 cm³/mol. The van der Waals surface area contributed by atoms with Crippen molar-refractivity contribution < 1.29 is 15.0 Å². The van der Waals surface area contributed by atoms with Crippen molar-refractivity contribution in [3.05, 3.63) is 0 Å². The van der Waals surface area contributed by atoms with Crippen LogP contribution in [0.2, 0.25) is 0 Å². The van der Waals surface area contributed by atoms with E-state index in [4.69, 9.17) is 0 Å². The number of hydrogen-bond donors (Lipinski definition) is 3. The molecule has 2 heterocycles. The van der Waals surface area contributed by atoms with Crippen molar-refractivity contribution in [3.63, 3.8) is 0 Å². The van der Waals surface area contributed by atoms with E-state index in [2.05, 4.69) is 10.2 Å². The maximum atomic E-state index is 12.2. The minimum absolute atomic E-state index is 0.0319. The van der Waals surface area contributed by atoms with Crippen LogP contribution < -0.4 is 5.32 Å². The summed E-state index contributed by atoms with van der Waals surface area (Å²) in [5.41, 5.74) is 0.257. The number of nitrogens with one attached hydrogen (secondary N) is 1. The predicted octanol–water partition coefficient (Wildman–Crippen LogP) is -0.205. The highest BCUT2D eigenvalue weighted by Gasteiger charge is 2.51. The zero-order valence-electron chi connectivity index (χ0n) is 14.2. The Hall–Kier alpha value is -0.690. The van der Waals surface area contributed by atoms with Crippen molar-refractivity contribution in [2.45, 2.75) is 57.2 Å². The monoisotopic (exact) mass is 325 g/mol. The molecule has 3 fully saturated rings. The molecule has 3 rings (SSSR count). The average Bonchev–Trinajstić information content (AvgIpc) is 3.32. The summed E-state index contributed by atoms with van der Waals surface area (Å²) in [6.45, 7) is 6.19. The Morgan fingerprint density at radius 3 is 2.78 bits per heavy atom. The molecule has 6 heteroatoms. The second-order valence-corrected chi connectivity index (χ2v) is 7.61. The van der Waals surface area contributed by atoms with Crippen molar-refractivity contribution in [1.82, 2.24) is 15.1 Å². The minimum Gasteiger partial charge on any atom is -0.394 e. The van der Waals surface area contributed by atoms with Crippen LogP contribution in [0, 0.1) is 5.41 Å². The van der Waals surface area contributed by atoms with Crippen LogP contribution in [0.3, 0.4) is 0 Å². The number of piperazine rings is 1. The van der Waals surface area contributed by atoms with Crippen molar-refractivity contribution in [2.24, 2.45) is 5.41 Å². The van der Waals surface area contributed by atoms with Crippen molar-refractivity contribution in [1.29, 1.82) is 0 Å². The summed E-state index contributed by atoms with van der Waals surface area (Å²) in [4.78, 5) is 16.4. The van der Waals surface area contributed by atoms with Gasteiger partial charge in [-0.15, -0.1) is 0 Å². The lowest BCUT2D eigenvalue weighted by atomic mass is 9.90. The van der Waals surface area contributed by atoms with E-state index in [0.717, 1.165) is 45.4 Å². The number of nitrogens with zero attached hydrogens (tertiary/aromatic N) is 2. The van der Waals surface area contributed by atoms with Gasteiger partial charge in [-0.1, -0.05) is 0 Å². The van der Waals surface area contributed by atoms with Gasteiger partial charge >= 0.3 is 0 Å². The fourth-order valence-electron chi connectivity index (χ4n) is 4.13. The Balaban J connectivity index is 1.42. The first kappa shape index (κ1) is 17.1. The molecule has 0 bridgehead atoms. The lowest BCUT2D eigenvalue weighted by Crippen LogP contribution is -2.57. The first-order valence-electron chi connectivity index (χ1n) is 9.11. The Morgan fingerprint density at radius 1 is 1.35 bits per heavy atom. The number of carbonyl (C=O) groups excluding carboxylic acids is 1. The van der Waals surface area contributed by atoms with Crippen LogP contribution in [-0.2, 0) is 4.79 Å². The van der Waals surface area contributed by atoms with Crippen molar-refractivity contribution in [2.75, 3.05) is 39.3 Å². The smallest absolute Gasteiger partial charge is 0.239 e. The van der Waals surface area contributed by atoms with Gasteiger partial charge in [0, 0.05) is 19.6 Å². The molecule has 3 atom stereocenters. The van der Waals surface area contributed by atoms with E-state index in [1.165, 1.54) is 12.8 Å². The van der Waals surface area contributed by atoms with Crippen LogP contribution in [0.15, 0.2) is 0 Å². The van der Waals surface area contributed by atoms with Gasteiger partial charge in [0.15, 0.2) is 0 Å². The number of carbonyl (C=O) groups is 1. The zero-order valence-corrected chi connectivity index (χ0v) is 14.2. The van der Waals surface area contributed by atoms with Gasteiger partial charge in [-0.3, -0.25) is 4.79 Å². The Bertz CT molecular complexity index is 427. The summed E-state index contributed by atoms with van der Waals surface area (Å²) in [6.07, 6.45) is 5.12. The van der Waals surface area contributed by atoms with Gasteiger partial charge in [-0.2, -0.15) is 0 Å². The summed E-state index contributed by atoms with van der Waals surface area (Å²) in [6, 6.07) is -0.221. The minimum atomic E-state index is -0.166. The maximum absolute atomic E-state index is 12.2. The number of aliphatic hydroxyl groups excluding tert-OH is 2. The van der Waals surface area contributed by atoms with Gasteiger partial charge in [-0.25, -0.2) is 0 Å². The van der Waals surface area contributed by atoms with Gasteiger partial charge < -0.3 is 25.3 Å². The van der Waals surface area contributed by atoms with E-state index in [1.807, 2.05) is 11.8 Å². The highest BCUT2D eigenvalue weighted by Crippen LogP contribution is 2.53. The maximum Gasteiger partial charge on any atom is 0.239 e. The normalized spacial score (nSPS) is 32.3. The first-order chi connectivity index (χ1) is 11.1. The molecule has 1 saturated carbocycles. The molecule has 2 unspecified atom stereocenters. The topological polar surface area (TPSA) is 76.0 Å². The number of rotatable bonds is 6. The molecule has 23 heavy (non-hydrogen) atoms. The molecular formula is C17H31N3O3. The van der Waals surface area contributed by atoms with Gasteiger partial charge in [0.2, 0.25) is 5.91 Å². The Kier molecular flexibility index (Phi) is 5.26. The summed E-state index contributed by atoms with van der Waals surface area (Å²) >= 11 is 0. The van der Waals surface area contributed by atoms with Gasteiger partial charge in [0.25, 0.3) is 0 Å². The molecule has 132 valence electrons. The van der Waals surface area contributed by atoms with Crippen molar-refractivity contribution in [3.8, 4) is 0 Å². The number of amides is 1. The van der Waals surface area contributed by atoms with E-state index in [1.54, 1.807) is 0 Å². The van der Waals surface area contributed by atoms with Crippen LogP contribution in [0.4, 0.5) is 0 Å². The van der Waals surface area contributed by atoms with E-state index in [9.17, 15) is 15.0 Å². The lowest BCUT2D eigenvalue weighted by molar-refractivity contribution is -0.138. The van der Waals surface area contributed by atoms with E-state index < -0.39 is 0 Å². The summed E-state index contributed by atoms with van der Waals surface area (Å²) in [5, 5.41) is 23.1. The molecular weight excluding hydrogens is 294 g/mol. The molecule has 1 amide bonds. The molecule has 3 N–H and O–H groups in total. The Labute approximate surface area is 138 Å². The van der Waals surface area contributed by atoms with Gasteiger partial charge in [-0.05, 0) is 57.5 Å². The second kappa shape index (κ2) is 7.05. The third kappa shape index (κ3) is 3.71. The summed E-state index contributed by atoms with van der Waals surface area (Å²) in [5.74, 6) is 0.0966. The fraction of sp³-hybridized carbons (Fsp3) is 0.941.